The molecular formula is C26H40O5. The maximum atomic E-state index is 12.1. The van der Waals surface area contributed by atoms with Crippen molar-refractivity contribution >= 4 is 5.97 Å². The van der Waals surface area contributed by atoms with Crippen molar-refractivity contribution in [3.63, 3.8) is 0 Å². The first kappa shape index (κ1) is 20.9. The molecule has 6 rings (SSSR count). The highest BCUT2D eigenvalue weighted by Gasteiger charge is 2.69. The zero-order valence-electron chi connectivity index (χ0n) is 19.4. The van der Waals surface area contributed by atoms with Crippen LogP contribution < -0.4 is 0 Å². The van der Waals surface area contributed by atoms with Crippen LogP contribution in [0.25, 0.3) is 0 Å². The predicted octanol–water partition coefficient (Wildman–Crippen LogP) is 3.84. The molecule has 6 fully saturated rings. The number of fused-ring (bicyclic) bond motifs is 7. The van der Waals surface area contributed by atoms with E-state index in [1.165, 1.54) is 32.1 Å². The summed E-state index contributed by atoms with van der Waals surface area (Å²) in [7, 11) is 0. The van der Waals surface area contributed by atoms with Gasteiger partial charge in [0.2, 0.25) is 0 Å². The Labute approximate surface area is 186 Å². The van der Waals surface area contributed by atoms with Crippen LogP contribution in [0, 0.1) is 39.9 Å². The Kier molecular flexibility index (Phi) is 4.37. The molecular weight excluding hydrogens is 392 g/mol. The van der Waals surface area contributed by atoms with Crippen molar-refractivity contribution in [2.75, 3.05) is 6.61 Å². The summed E-state index contributed by atoms with van der Waals surface area (Å²) in [4.78, 5) is 12.1. The molecule has 2 bridgehead atoms. The molecule has 11 atom stereocenters. The van der Waals surface area contributed by atoms with Gasteiger partial charge in [-0.05, 0) is 84.9 Å². The van der Waals surface area contributed by atoms with Gasteiger partial charge in [0.05, 0.1) is 18.6 Å². The van der Waals surface area contributed by atoms with E-state index in [2.05, 4.69) is 20.8 Å². The van der Waals surface area contributed by atoms with Gasteiger partial charge in [0.15, 0.2) is 0 Å². The van der Waals surface area contributed by atoms with Crippen molar-refractivity contribution in [3.8, 4) is 0 Å². The predicted molar refractivity (Wildman–Crippen MR) is 115 cm³/mol. The van der Waals surface area contributed by atoms with E-state index in [1.54, 1.807) is 0 Å². The van der Waals surface area contributed by atoms with Gasteiger partial charge >= 0.3 is 5.97 Å². The molecule has 1 spiro atoms. The second-order valence-electron chi connectivity index (χ2n) is 12.9. The van der Waals surface area contributed by atoms with E-state index in [1.807, 2.05) is 0 Å². The number of aliphatic hydroxyl groups excluding tert-OH is 2. The summed E-state index contributed by atoms with van der Waals surface area (Å²) in [6, 6.07) is 0. The Morgan fingerprint density at radius 2 is 1.81 bits per heavy atom. The van der Waals surface area contributed by atoms with Crippen LogP contribution in [0.2, 0.25) is 0 Å². The molecule has 31 heavy (non-hydrogen) atoms. The minimum atomic E-state index is -0.799. The average Bonchev–Trinajstić information content (AvgIpc) is 3.17. The van der Waals surface area contributed by atoms with Crippen LogP contribution in [0.4, 0.5) is 0 Å². The molecule has 6 aliphatic rings. The van der Waals surface area contributed by atoms with Crippen LogP contribution in [0.1, 0.15) is 85.0 Å². The van der Waals surface area contributed by atoms with Crippen LogP contribution in [-0.2, 0) is 14.3 Å². The monoisotopic (exact) mass is 432 g/mol. The summed E-state index contributed by atoms with van der Waals surface area (Å²) in [5, 5.41) is 21.7. The van der Waals surface area contributed by atoms with E-state index < -0.39 is 11.7 Å². The van der Waals surface area contributed by atoms with Gasteiger partial charge in [-0.3, -0.25) is 4.79 Å². The van der Waals surface area contributed by atoms with Gasteiger partial charge in [-0.15, -0.1) is 0 Å². The quantitative estimate of drug-likeness (QED) is 0.616. The van der Waals surface area contributed by atoms with Crippen LogP contribution >= 0.6 is 0 Å². The van der Waals surface area contributed by atoms with E-state index in [-0.39, 0.29) is 40.8 Å². The smallest absolute Gasteiger partial charge is 0.309 e. The van der Waals surface area contributed by atoms with Gasteiger partial charge in [0.1, 0.15) is 11.7 Å². The Bertz CT molecular complexity index is 784. The molecule has 3 aliphatic heterocycles. The Morgan fingerprint density at radius 3 is 2.58 bits per heavy atom. The standard InChI is InChI=1S/C26H40O5/c1-23(14-27)8-4-9-25(3)18(23)7-10-24(2)16-11-20(28)26-13-22(29)30-21(26)12-17(31-26)15(16)5-6-19(24)25/h15-21,27-28H,4-14H2,1-3H3. The van der Waals surface area contributed by atoms with Gasteiger partial charge in [-0.25, -0.2) is 0 Å². The first-order valence-electron chi connectivity index (χ1n) is 12.8. The Balaban J connectivity index is 1.36. The fourth-order valence-electron chi connectivity index (χ4n) is 10.4. The number of aliphatic hydroxyl groups is 2. The summed E-state index contributed by atoms with van der Waals surface area (Å²) >= 11 is 0. The largest absolute Gasteiger partial charge is 0.459 e. The third kappa shape index (κ3) is 2.52. The van der Waals surface area contributed by atoms with Crippen LogP contribution in [0.5, 0.6) is 0 Å². The molecule has 3 saturated carbocycles. The second-order valence-corrected chi connectivity index (χ2v) is 12.9. The minimum Gasteiger partial charge on any atom is -0.459 e. The molecule has 3 aliphatic carbocycles. The molecule has 3 heterocycles. The average molecular weight is 433 g/mol. The van der Waals surface area contributed by atoms with Gasteiger partial charge in [-0.2, -0.15) is 0 Å². The Hall–Kier alpha value is -0.650. The van der Waals surface area contributed by atoms with E-state index in [0.29, 0.717) is 30.3 Å². The molecule has 0 radical (unpaired) electrons. The first-order valence-corrected chi connectivity index (χ1v) is 12.8. The molecule has 11 unspecified atom stereocenters. The van der Waals surface area contributed by atoms with Crippen molar-refractivity contribution in [3.05, 3.63) is 0 Å². The van der Waals surface area contributed by atoms with Gasteiger partial charge < -0.3 is 19.7 Å². The minimum absolute atomic E-state index is 0.0457. The fraction of sp³-hybridized carbons (Fsp3) is 0.962. The molecule has 5 heteroatoms. The van der Waals surface area contributed by atoms with Crippen LogP contribution in [0.15, 0.2) is 0 Å². The highest BCUT2D eigenvalue weighted by atomic mass is 16.6. The van der Waals surface area contributed by atoms with Crippen molar-refractivity contribution in [1.82, 2.24) is 0 Å². The van der Waals surface area contributed by atoms with E-state index in [4.69, 9.17) is 9.47 Å². The van der Waals surface area contributed by atoms with Crippen molar-refractivity contribution in [2.45, 2.75) is 109 Å². The molecule has 0 amide bonds. The molecule has 3 saturated heterocycles. The van der Waals surface area contributed by atoms with Crippen LogP contribution in [-0.4, -0.2) is 46.7 Å². The second kappa shape index (κ2) is 6.48. The normalized spacial score (nSPS) is 60.3. The summed E-state index contributed by atoms with van der Waals surface area (Å²) in [6.45, 7) is 7.66. The first-order chi connectivity index (χ1) is 14.7. The zero-order chi connectivity index (χ0) is 21.8. The number of carbonyl (C=O) groups excluding carboxylic acids is 1. The maximum absolute atomic E-state index is 12.1. The lowest BCUT2D eigenvalue weighted by molar-refractivity contribution is -0.193. The van der Waals surface area contributed by atoms with E-state index in [9.17, 15) is 15.0 Å². The topological polar surface area (TPSA) is 76.0 Å². The summed E-state index contributed by atoms with van der Waals surface area (Å²) in [5.74, 6) is 1.88. The molecule has 174 valence electrons. The summed E-state index contributed by atoms with van der Waals surface area (Å²) in [6.07, 6.45) is 9.28. The van der Waals surface area contributed by atoms with Crippen LogP contribution in [0.3, 0.4) is 0 Å². The van der Waals surface area contributed by atoms with Crippen molar-refractivity contribution < 1.29 is 24.5 Å². The Morgan fingerprint density at radius 1 is 1.00 bits per heavy atom. The van der Waals surface area contributed by atoms with Gasteiger partial charge in [-0.1, -0.05) is 27.2 Å². The highest BCUT2D eigenvalue weighted by molar-refractivity contribution is 5.74. The summed E-state index contributed by atoms with van der Waals surface area (Å²) in [5.41, 5.74) is -0.305. The van der Waals surface area contributed by atoms with E-state index in [0.717, 1.165) is 25.7 Å². The molecule has 0 aromatic heterocycles. The van der Waals surface area contributed by atoms with Gasteiger partial charge in [0, 0.05) is 13.0 Å². The number of hydrogen-bond donors (Lipinski definition) is 2. The molecule has 0 aromatic carbocycles. The number of ether oxygens (including phenoxy) is 2. The fourth-order valence-corrected chi connectivity index (χ4v) is 10.4. The van der Waals surface area contributed by atoms with Gasteiger partial charge in [0.25, 0.3) is 0 Å². The third-order valence-corrected chi connectivity index (χ3v) is 11.8. The van der Waals surface area contributed by atoms with Crippen molar-refractivity contribution in [2.24, 2.45) is 39.9 Å². The van der Waals surface area contributed by atoms with Crippen molar-refractivity contribution in [1.29, 1.82) is 0 Å². The summed E-state index contributed by atoms with van der Waals surface area (Å²) < 4.78 is 12.2. The number of rotatable bonds is 1. The highest BCUT2D eigenvalue weighted by Crippen LogP contribution is 2.71. The lowest BCUT2D eigenvalue weighted by Crippen LogP contribution is -2.61. The maximum Gasteiger partial charge on any atom is 0.309 e. The third-order valence-electron chi connectivity index (χ3n) is 11.8. The number of hydrogen-bond acceptors (Lipinski definition) is 5. The SMILES string of the molecule is CC1(CO)CCCC2(C)C1CCC1(C)C3CC(O)C45CC(=O)OC4CC(O5)C3CCC12. The lowest BCUT2D eigenvalue weighted by Gasteiger charge is -2.67. The number of carbonyl (C=O) groups is 1. The lowest BCUT2D eigenvalue weighted by atomic mass is 9.38. The van der Waals surface area contributed by atoms with E-state index >= 15 is 0 Å². The zero-order valence-corrected chi connectivity index (χ0v) is 19.4. The molecule has 0 aromatic rings. The molecule has 5 nitrogen and oxygen atoms in total. The molecule has 2 N–H and O–H groups in total. The number of esters is 1.